The summed E-state index contributed by atoms with van der Waals surface area (Å²) >= 11 is 1.52. The van der Waals surface area contributed by atoms with Crippen LogP contribution in [0.1, 0.15) is 21.1 Å². The van der Waals surface area contributed by atoms with E-state index in [2.05, 4.69) is 14.7 Å². The van der Waals surface area contributed by atoms with E-state index in [0.29, 0.717) is 11.3 Å². The van der Waals surface area contributed by atoms with Crippen molar-refractivity contribution in [2.45, 2.75) is 0 Å². The average molecular weight is 246 g/mol. The Hall–Kier alpha value is -2.01. The lowest BCUT2D eigenvalue weighted by Gasteiger charge is -2.01. The number of esters is 1. The van der Waals surface area contributed by atoms with Crippen LogP contribution in [-0.4, -0.2) is 23.0 Å². The van der Waals surface area contributed by atoms with Gasteiger partial charge in [-0.3, -0.25) is 4.98 Å². The highest BCUT2D eigenvalue weighted by molar-refractivity contribution is 7.10. The highest BCUT2D eigenvalue weighted by Gasteiger charge is 2.09. The van der Waals surface area contributed by atoms with Crippen LogP contribution in [0.5, 0.6) is 0 Å². The van der Waals surface area contributed by atoms with E-state index in [0.717, 1.165) is 5.01 Å². The molecule has 0 aliphatic carbocycles. The molecule has 0 amide bonds. The molecule has 4 nitrogen and oxygen atoms in total. The molecule has 2 rings (SSSR count). The molecule has 0 saturated heterocycles. The fourth-order valence-electron chi connectivity index (χ4n) is 1.30. The Morgan fingerprint density at radius 2 is 2.24 bits per heavy atom. The largest absolute Gasteiger partial charge is 0.465 e. The fourth-order valence-corrected chi connectivity index (χ4v) is 1.83. The third kappa shape index (κ3) is 2.76. The standard InChI is InChI=1S/C12H10N2O2S/c1-16-12(15)9-3-2-6-13-10(9)4-5-11-14-7-8-17-11/h2-8H,1H3. The first-order chi connectivity index (χ1) is 8.31. The van der Waals surface area contributed by atoms with Gasteiger partial charge >= 0.3 is 5.97 Å². The lowest BCUT2D eigenvalue weighted by Crippen LogP contribution is -2.04. The van der Waals surface area contributed by atoms with Crippen molar-refractivity contribution < 1.29 is 9.53 Å². The molecule has 2 aromatic rings. The van der Waals surface area contributed by atoms with Gasteiger partial charge in [0.25, 0.3) is 0 Å². The number of carbonyl (C=O) groups is 1. The molecule has 0 aliphatic heterocycles. The summed E-state index contributed by atoms with van der Waals surface area (Å²) in [6.45, 7) is 0. The number of ether oxygens (including phenoxy) is 1. The van der Waals surface area contributed by atoms with Crippen LogP contribution in [0.3, 0.4) is 0 Å². The summed E-state index contributed by atoms with van der Waals surface area (Å²) in [5.41, 5.74) is 1.03. The minimum atomic E-state index is -0.392. The molecule has 0 fully saturated rings. The smallest absolute Gasteiger partial charge is 0.340 e. The van der Waals surface area contributed by atoms with Gasteiger partial charge in [0.15, 0.2) is 0 Å². The Kier molecular flexibility index (Phi) is 3.62. The second kappa shape index (κ2) is 5.36. The molecule has 5 heteroatoms. The van der Waals surface area contributed by atoms with Gasteiger partial charge in [-0.15, -0.1) is 11.3 Å². The zero-order valence-corrected chi connectivity index (χ0v) is 9.98. The van der Waals surface area contributed by atoms with Crippen LogP contribution in [0.4, 0.5) is 0 Å². The maximum atomic E-state index is 11.5. The molecule has 0 aromatic carbocycles. The Labute approximate surface area is 103 Å². The highest BCUT2D eigenvalue weighted by Crippen LogP contribution is 2.13. The van der Waals surface area contributed by atoms with Crippen LogP contribution in [-0.2, 0) is 4.74 Å². The van der Waals surface area contributed by atoms with Crippen molar-refractivity contribution in [2.24, 2.45) is 0 Å². The molecule has 2 heterocycles. The second-order valence-electron chi connectivity index (χ2n) is 3.13. The number of aromatic nitrogens is 2. The summed E-state index contributed by atoms with van der Waals surface area (Å²) in [5.74, 6) is -0.392. The molecule has 0 saturated carbocycles. The quantitative estimate of drug-likeness (QED) is 0.781. The minimum Gasteiger partial charge on any atom is -0.465 e. The first-order valence-corrected chi connectivity index (χ1v) is 5.80. The van der Waals surface area contributed by atoms with Crippen molar-refractivity contribution in [3.05, 3.63) is 46.2 Å². The summed E-state index contributed by atoms with van der Waals surface area (Å²) in [7, 11) is 1.35. The Bertz CT molecular complexity index is 535. The van der Waals surface area contributed by atoms with E-state index in [1.165, 1.54) is 18.4 Å². The molecule has 2 aromatic heterocycles. The van der Waals surface area contributed by atoms with Crippen molar-refractivity contribution in [3.63, 3.8) is 0 Å². The van der Waals surface area contributed by atoms with Gasteiger partial charge in [0.05, 0.1) is 18.4 Å². The summed E-state index contributed by atoms with van der Waals surface area (Å²) in [6, 6.07) is 3.38. The number of methoxy groups -OCH3 is 1. The second-order valence-corrected chi connectivity index (χ2v) is 4.06. The molecule has 0 N–H and O–H groups in total. The first kappa shape index (κ1) is 11.5. The Morgan fingerprint density at radius 1 is 1.35 bits per heavy atom. The van der Waals surface area contributed by atoms with Crippen LogP contribution >= 0.6 is 11.3 Å². The van der Waals surface area contributed by atoms with Gasteiger partial charge in [0, 0.05) is 17.8 Å². The topological polar surface area (TPSA) is 52.1 Å². The Morgan fingerprint density at radius 3 is 2.94 bits per heavy atom. The van der Waals surface area contributed by atoms with Gasteiger partial charge in [-0.05, 0) is 24.3 Å². The number of hydrogen-bond donors (Lipinski definition) is 0. The third-order valence-electron chi connectivity index (χ3n) is 2.08. The van der Waals surface area contributed by atoms with Crippen molar-refractivity contribution in [3.8, 4) is 0 Å². The zero-order chi connectivity index (χ0) is 12.1. The van der Waals surface area contributed by atoms with E-state index in [-0.39, 0.29) is 0 Å². The Balaban J connectivity index is 2.29. The monoisotopic (exact) mass is 246 g/mol. The summed E-state index contributed by atoms with van der Waals surface area (Å²) in [6.07, 6.45) is 6.93. The van der Waals surface area contributed by atoms with E-state index in [4.69, 9.17) is 0 Å². The van der Waals surface area contributed by atoms with Gasteiger partial charge in [-0.2, -0.15) is 0 Å². The average Bonchev–Trinajstić information content (AvgIpc) is 2.89. The predicted octanol–water partition coefficient (Wildman–Crippen LogP) is 2.50. The van der Waals surface area contributed by atoms with Gasteiger partial charge in [-0.1, -0.05) is 0 Å². The lowest BCUT2D eigenvalue weighted by atomic mass is 10.2. The molecule has 86 valence electrons. The summed E-state index contributed by atoms with van der Waals surface area (Å²) < 4.78 is 4.69. The summed E-state index contributed by atoms with van der Waals surface area (Å²) in [4.78, 5) is 19.7. The van der Waals surface area contributed by atoms with Gasteiger partial charge in [0.2, 0.25) is 0 Å². The first-order valence-electron chi connectivity index (χ1n) is 4.92. The molecule has 0 bridgehead atoms. The number of pyridine rings is 1. The van der Waals surface area contributed by atoms with Crippen LogP contribution in [0, 0.1) is 0 Å². The molecule has 0 radical (unpaired) electrons. The van der Waals surface area contributed by atoms with Gasteiger partial charge < -0.3 is 4.74 Å². The zero-order valence-electron chi connectivity index (χ0n) is 9.16. The number of carbonyl (C=O) groups excluding carboxylic acids is 1. The van der Waals surface area contributed by atoms with Crippen molar-refractivity contribution in [1.29, 1.82) is 0 Å². The van der Waals surface area contributed by atoms with Crippen LogP contribution in [0.25, 0.3) is 12.2 Å². The third-order valence-corrected chi connectivity index (χ3v) is 2.82. The maximum Gasteiger partial charge on any atom is 0.340 e. The normalized spacial score (nSPS) is 10.6. The van der Waals surface area contributed by atoms with Crippen molar-refractivity contribution in [1.82, 2.24) is 9.97 Å². The van der Waals surface area contributed by atoms with E-state index in [9.17, 15) is 4.79 Å². The predicted molar refractivity (Wildman–Crippen MR) is 66.6 cm³/mol. The molecule has 0 aliphatic rings. The van der Waals surface area contributed by atoms with Crippen LogP contribution < -0.4 is 0 Å². The number of rotatable bonds is 3. The molecule has 0 atom stereocenters. The molecular weight excluding hydrogens is 236 g/mol. The van der Waals surface area contributed by atoms with E-state index >= 15 is 0 Å². The maximum absolute atomic E-state index is 11.5. The molecule has 0 spiro atoms. The van der Waals surface area contributed by atoms with Crippen LogP contribution in [0.15, 0.2) is 29.9 Å². The van der Waals surface area contributed by atoms with E-state index in [1.807, 2.05) is 11.5 Å². The number of nitrogens with zero attached hydrogens (tertiary/aromatic N) is 2. The summed E-state index contributed by atoms with van der Waals surface area (Å²) in [5, 5.41) is 2.76. The van der Waals surface area contributed by atoms with Gasteiger partial charge in [0.1, 0.15) is 5.01 Å². The highest BCUT2D eigenvalue weighted by atomic mass is 32.1. The number of hydrogen-bond acceptors (Lipinski definition) is 5. The molecule has 0 unspecified atom stereocenters. The lowest BCUT2D eigenvalue weighted by molar-refractivity contribution is 0.0600. The number of thiazole rings is 1. The fraction of sp³-hybridized carbons (Fsp3) is 0.0833. The molecule has 17 heavy (non-hydrogen) atoms. The van der Waals surface area contributed by atoms with E-state index < -0.39 is 5.97 Å². The van der Waals surface area contributed by atoms with Crippen molar-refractivity contribution >= 4 is 29.5 Å². The van der Waals surface area contributed by atoms with Crippen LogP contribution in [0.2, 0.25) is 0 Å². The van der Waals surface area contributed by atoms with E-state index in [1.54, 1.807) is 30.6 Å². The van der Waals surface area contributed by atoms with Gasteiger partial charge in [-0.25, -0.2) is 9.78 Å². The van der Waals surface area contributed by atoms with Crippen molar-refractivity contribution in [2.75, 3.05) is 7.11 Å². The SMILES string of the molecule is COC(=O)c1cccnc1C=Cc1nccs1. The molecular formula is C12H10N2O2S. The minimum absolute atomic E-state index is 0.392.